The summed E-state index contributed by atoms with van der Waals surface area (Å²) in [7, 11) is 0. The van der Waals surface area contributed by atoms with Crippen molar-refractivity contribution in [1.82, 2.24) is 10.3 Å². The number of fused-ring (bicyclic) bond motifs is 1. The van der Waals surface area contributed by atoms with E-state index in [-0.39, 0.29) is 24.8 Å². The fourth-order valence-electron chi connectivity index (χ4n) is 1.50. The molecule has 1 aliphatic rings. The van der Waals surface area contributed by atoms with Crippen LogP contribution in [0.1, 0.15) is 11.1 Å². The molecule has 1 aromatic heterocycles. The van der Waals surface area contributed by atoms with Crippen LogP contribution < -0.4 is 5.32 Å². The van der Waals surface area contributed by atoms with Crippen molar-refractivity contribution in [3.05, 3.63) is 29.6 Å². The predicted molar refractivity (Wildman–Crippen MR) is 59.0 cm³/mol. The summed E-state index contributed by atoms with van der Waals surface area (Å²) in [5.41, 5.74) is 2.88. The molecule has 0 atom stereocenters. The van der Waals surface area contributed by atoms with Gasteiger partial charge in [0, 0.05) is 12.4 Å². The van der Waals surface area contributed by atoms with E-state index in [1.54, 1.807) is 0 Å². The Morgan fingerprint density at radius 1 is 1.08 bits per heavy atom. The summed E-state index contributed by atoms with van der Waals surface area (Å²) in [6, 6.07) is 2.13. The third-order valence-electron chi connectivity index (χ3n) is 2.15. The molecule has 2 rings (SSSR count). The van der Waals surface area contributed by atoms with E-state index in [4.69, 9.17) is 0 Å². The number of rotatable bonds is 0. The molecule has 74 valence electrons. The van der Waals surface area contributed by atoms with Gasteiger partial charge in [-0.1, -0.05) is 0 Å². The molecule has 0 aliphatic carbocycles. The molecule has 1 aliphatic heterocycles. The maximum absolute atomic E-state index is 4.11. The Bertz CT molecular complexity index is 228. The lowest BCUT2D eigenvalue weighted by Gasteiger charge is -2.00. The zero-order valence-electron chi connectivity index (χ0n) is 7.32. The highest BCUT2D eigenvalue weighted by Crippen LogP contribution is 2.09. The molecular formula is C9H14Cl2N2. The van der Waals surface area contributed by atoms with Gasteiger partial charge in [0.25, 0.3) is 0 Å². The first-order chi connectivity index (χ1) is 5.47. The minimum atomic E-state index is 0. The third kappa shape index (κ3) is 3.14. The van der Waals surface area contributed by atoms with Crippen LogP contribution in [0.15, 0.2) is 18.5 Å². The van der Waals surface area contributed by atoms with Gasteiger partial charge < -0.3 is 5.32 Å². The summed E-state index contributed by atoms with van der Waals surface area (Å²) < 4.78 is 0. The minimum absolute atomic E-state index is 0. The maximum Gasteiger partial charge on any atom is 0.0303 e. The normalized spacial score (nSPS) is 14.5. The Kier molecular flexibility index (Phi) is 6.04. The van der Waals surface area contributed by atoms with Gasteiger partial charge in [-0.25, -0.2) is 0 Å². The molecular weight excluding hydrogens is 207 g/mol. The van der Waals surface area contributed by atoms with Gasteiger partial charge in [-0.3, -0.25) is 4.98 Å². The van der Waals surface area contributed by atoms with Crippen LogP contribution in [0.3, 0.4) is 0 Å². The molecule has 0 amide bonds. The summed E-state index contributed by atoms with van der Waals surface area (Å²) in [5.74, 6) is 0. The molecule has 0 fully saturated rings. The van der Waals surface area contributed by atoms with Crippen LogP contribution in [0.4, 0.5) is 0 Å². The standard InChI is InChI=1S/C9H12N2.2ClH/c1-4-10-5-3-9-7-11-6-2-8(1)9;;/h2,6-7,10H,1,3-5H2;2*1H. The van der Waals surface area contributed by atoms with Crippen LogP contribution in [-0.2, 0) is 12.8 Å². The van der Waals surface area contributed by atoms with Gasteiger partial charge in [-0.15, -0.1) is 24.8 Å². The minimum Gasteiger partial charge on any atom is -0.316 e. The third-order valence-corrected chi connectivity index (χ3v) is 2.15. The topological polar surface area (TPSA) is 24.9 Å². The van der Waals surface area contributed by atoms with Crippen LogP contribution in [0.5, 0.6) is 0 Å². The molecule has 0 bridgehead atoms. The average Bonchev–Trinajstić information content (AvgIpc) is 2.28. The maximum atomic E-state index is 4.11. The van der Waals surface area contributed by atoms with E-state index in [9.17, 15) is 0 Å². The number of aromatic nitrogens is 1. The quantitative estimate of drug-likeness (QED) is 0.719. The fourth-order valence-corrected chi connectivity index (χ4v) is 1.50. The molecule has 4 heteroatoms. The van der Waals surface area contributed by atoms with Gasteiger partial charge in [0.2, 0.25) is 0 Å². The van der Waals surface area contributed by atoms with Crippen molar-refractivity contribution in [3.8, 4) is 0 Å². The molecule has 0 saturated heterocycles. The lowest BCUT2D eigenvalue weighted by atomic mass is 10.1. The summed E-state index contributed by atoms with van der Waals surface area (Å²) in [4.78, 5) is 4.11. The second kappa shape index (κ2) is 6.19. The van der Waals surface area contributed by atoms with Crippen LogP contribution in [0.25, 0.3) is 0 Å². The molecule has 0 saturated carbocycles. The first kappa shape index (κ1) is 12.7. The van der Waals surface area contributed by atoms with Gasteiger partial charge in [-0.05, 0) is 43.1 Å². The number of nitrogens with one attached hydrogen (secondary N) is 1. The predicted octanol–water partition coefficient (Wildman–Crippen LogP) is 1.61. The van der Waals surface area contributed by atoms with E-state index in [2.05, 4.69) is 16.4 Å². The molecule has 0 unspecified atom stereocenters. The number of hydrogen-bond acceptors (Lipinski definition) is 2. The van der Waals surface area contributed by atoms with Crippen molar-refractivity contribution < 1.29 is 0 Å². The first-order valence-corrected chi connectivity index (χ1v) is 4.09. The van der Waals surface area contributed by atoms with Crippen LogP contribution in [0, 0.1) is 0 Å². The van der Waals surface area contributed by atoms with E-state index in [0.29, 0.717) is 0 Å². The van der Waals surface area contributed by atoms with Gasteiger partial charge in [-0.2, -0.15) is 0 Å². The molecule has 0 spiro atoms. The highest BCUT2D eigenvalue weighted by atomic mass is 35.5. The van der Waals surface area contributed by atoms with E-state index in [1.165, 1.54) is 11.1 Å². The van der Waals surface area contributed by atoms with Crippen molar-refractivity contribution in [2.75, 3.05) is 13.1 Å². The molecule has 0 radical (unpaired) electrons. The molecule has 2 nitrogen and oxygen atoms in total. The van der Waals surface area contributed by atoms with E-state index in [0.717, 1.165) is 25.9 Å². The Balaban J connectivity index is 0.000000720. The largest absolute Gasteiger partial charge is 0.316 e. The van der Waals surface area contributed by atoms with Crippen LogP contribution >= 0.6 is 24.8 Å². The van der Waals surface area contributed by atoms with Gasteiger partial charge in [0.05, 0.1) is 0 Å². The Morgan fingerprint density at radius 2 is 1.77 bits per heavy atom. The lowest BCUT2D eigenvalue weighted by Crippen LogP contribution is -2.16. The second-order valence-electron chi connectivity index (χ2n) is 2.89. The number of nitrogens with zero attached hydrogens (tertiary/aromatic N) is 1. The molecule has 1 aromatic rings. The lowest BCUT2D eigenvalue weighted by molar-refractivity contribution is 0.711. The highest BCUT2D eigenvalue weighted by molar-refractivity contribution is 5.85. The van der Waals surface area contributed by atoms with E-state index in [1.807, 2.05) is 12.4 Å². The zero-order chi connectivity index (χ0) is 7.52. The smallest absolute Gasteiger partial charge is 0.0303 e. The van der Waals surface area contributed by atoms with Gasteiger partial charge in [0.1, 0.15) is 0 Å². The molecule has 13 heavy (non-hydrogen) atoms. The zero-order valence-corrected chi connectivity index (χ0v) is 8.96. The van der Waals surface area contributed by atoms with Crippen molar-refractivity contribution in [2.24, 2.45) is 0 Å². The monoisotopic (exact) mass is 220 g/mol. The SMILES string of the molecule is Cl.Cl.c1cc2c(cn1)CCNCC2. The van der Waals surface area contributed by atoms with Crippen molar-refractivity contribution in [1.29, 1.82) is 0 Å². The summed E-state index contributed by atoms with van der Waals surface area (Å²) in [6.45, 7) is 2.20. The fraction of sp³-hybridized carbons (Fsp3) is 0.444. The van der Waals surface area contributed by atoms with Crippen LogP contribution in [0.2, 0.25) is 0 Å². The Labute approximate surface area is 91.0 Å². The summed E-state index contributed by atoms with van der Waals surface area (Å²) in [6.07, 6.45) is 6.15. The average molecular weight is 221 g/mol. The number of hydrogen-bond donors (Lipinski definition) is 1. The Hall–Kier alpha value is -0.310. The van der Waals surface area contributed by atoms with Crippen molar-refractivity contribution in [3.63, 3.8) is 0 Å². The second-order valence-corrected chi connectivity index (χ2v) is 2.89. The Morgan fingerprint density at radius 3 is 2.54 bits per heavy atom. The summed E-state index contributed by atoms with van der Waals surface area (Å²) in [5, 5.41) is 3.37. The van der Waals surface area contributed by atoms with Gasteiger partial charge >= 0.3 is 0 Å². The van der Waals surface area contributed by atoms with Crippen molar-refractivity contribution >= 4 is 24.8 Å². The number of pyridine rings is 1. The molecule has 1 N–H and O–H groups in total. The van der Waals surface area contributed by atoms with Crippen LogP contribution in [-0.4, -0.2) is 18.1 Å². The van der Waals surface area contributed by atoms with Crippen molar-refractivity contribution in [2.45, 2.75) is 12.8 Å². The van der Waals surface area contributed by atoms with Gasteiger partial charge in [0.15, 0.2) is 0 Å². The molecule has 2 heterocycles. The number of halogens is 2. The first-order valence-electron chi connectivity index (χ1n) is 4.09. The van der Waals surface area contributed by atoms with E-state index >= 15 is 0 Å². The highest BCUT2D eigenvalue weighted by Gasteiger charge is 2.05. The molecule has 0 aromatic carbocycles. The summed E-state index contributed by atoms with van der Waals surface area (Å²) >= 11 is 0. The van der Waals surface area contributed by atoms with E-state index < -0.39 is 0 Å².